The van der Waals surface area contributed by atoms with Crippen molar-refractivity contribution in [2.75, 3.05) is 31.1 Å². The Bertz CT molecular complexity index is 1010. The number of sulfonamides is 1. The summed E-state index contributed by atoms with van der Waals surface area (Å²) < 4.78 is 27.3. The summed E-state index contributed by atoms with van der Waals surface area (Å²) in [7, 11) is -3.57. The molecule has 4 rings (SSSR count). The molecule has 2 fully saturated rings. The van der Waals surface area contributed by atoms with E-state index >= 15 is 0 Å². The van der Waals surface area contributed by atoms with Gasteiger partial charge in [0.15, 0.2) is 0 Å². The second kappa shape index (κ2) is 10.0. The number of hydrogen-bond acceptors (Lipinski definition) is 4. The highest BCUT2D eigenvalue weighted by Gasteiger charge is 2.33. The molecule has 2 heterocycles. The van der Waals surface area contributed by atoms with E-state index in [1.165, 1.54) is 22.8 Å². The lowest BCUT2D eigenvalue weighted by atomic mass is 9.98. The Morgan fingerprint density at radius 3 is 2.41 bits per heavy atom. The van der Waals surface area contributed by atoms with E-state index in [0.717, 1.165) is 24.6 Å². The summed E-state index contributed by atoms with van der Waals surface area (Å²) in [4.78, 5) is 15.5. The van der Waals surface area contributed by atoms with Crippen molar-refractivity contribution in [3.8, 4) is 0 Å². The zero-order chi connectivity index (χ0) is 22.6. The summed E-state index contributed by atoms with van der Waals surface area (Å²) in [5.41, 5.74) is 2.29. The minimum absolute atomic E-state index is 0.0770. The smallest absolute Gasteiger partial charge is 0.243 e. The van der Waals surface area contributed by atoms with E-state index in [9.17, 15) is 13.2 Å². The molecule has 1 amide bonds. The maximum atomic E-state index is 12.9. The van der Waals surface area contributed by atoms with Gasteiger partial charge in [0.05, 0.1) is 10.8 Å². The minimum atomic E-state index is -3.57. The molecule has 172 valence electrons. The van der Waals surface area contributed by atoms with Gasteiger partial charge in [-0.05, 0) is 61.4 Å². The van der Waals surface area contributed by atoms with Crippen LogP contribution in [0.2, 0.25) is 0 Å². The van der Waals surface area contributed by atoms with Crippen LogP contribution >= 0.6 is 0 Å². The summed E-state index contributed by atoms with van der Waals surface area (Å²) >= 11 is 0. The number of nitrogens with zero attached hydrogens (tertiary/aromatic N) is 2. The first kappa shape index (κ1) is 22.8. The number of piperidine rings is 2. The van der Waals surface area contributed by atoms with Gasteiger partial charge in [-0.3, -0.25) is 4.79 Å². The van der Waals surface area contributed by atoms with Crippen molar-refractivity contribution < 1.29 is 13.2 Å². The van der Waals surface area contributed by atoms with E-state index < -0.39 is 10.0 Å². The molecule has 1 N–H and O–H groups in total. The van der Waals surface area contributed by atoms with Gasteiger partial charge in [-0.25, -0.2) is 8.42 Å². The molecule has 2 saturated heterocycles. The van der Waals surface area contributed by atoms with Crippen LogP contribution in [0.1, 0.15) is 38.2 Å². The molecule has 2 aromatic rings. The average molecular weight is 456 g/mol. The Morgan fingerprint density at radius 2 is 1.69 bits per heavy atom. The number of hydrogen-bond donors (Lipinski definition) is 1. The predicted molar refractivity (Wildman–Crippen MR) is 127 cm³/mol. The molecule has 6 nitrogen and oxygen atoms in total. The van der Waals surface area contributed by atoms with E-state index in [0.29, 0.717) is 25.9 Å². The third-order valence-corrected chi connectivity index (χ3v) is 8.44. The standard InChI is InChI=1S/C25H33N3O3S/c1-20-7-5-15-27(18-20)23-13-11-21(12-14-23)17-26-25(29)22-8-6-16-28(19-22)32(30,31)24-9-3-2-4-10-24/h2-4,9-14,20,22H,5-8,15-19H2,1H3,(H,26,29). The molecule has 0 bridgehead atoms. The van der Waals surface area contributed by atoms with E-state index in [1.54, 1.807) is 30.3 Å². The number of rotatable bonds is 6. The SMILES string of the molecule is CC1CCCN(c2ccc(CNC(=O)C3CCCN(S(=O)(=O)c4ccccc4)C3)cc2)C1. The quantitative estimate of drug-likeness (QED) is 0.722. The Morgan fingerprint density at radius 1 is 0.969 bits per heavy atom. The predicted octanol–water partition coefficient (Wildman–Crippen LogP) is 3.64. The number of benzene rings is 2. The van der Waals surface area contributed by atoms with Gasteiger partial charge in [0.25, 0.3) is 0 Å². The zero-order valence-electron chi connectivity index (χ0n) is 18.7. The molecule has 0 radical (unpaired) electrons. The molecule has 2 aliphatic rings. The number of carbonyl (C=O) groups is 1. The molecule has 2 aliphatic heterocycles. The number of anilines is 1. The van der Waals surface area contributed by atoms with Crippen molar-refractivity contribution in [1.82, 2.24) is 9.62 Å². The molecule has 2 aromatic carbocycles. The molecular weight excluding hydrogens is 422 g/mol. The van der Waals surface area contributed by atoms with Crippen molar-refractivity contribution >= 4 is 21.6 Å². The van der Waals surface area contributed by atoms with E-state index in [2.05, 4.69) is 41.4 Å². The first-order valence-corrected chi connectivity index (χ1v) is 13.0. The van der Waals surface area contributed by atoms with Crippen LogP contribution in [-0.2, 0) is 21.4 Å². The number of nitrogens with one attached hydrogen (secondary N) is 1. The summed E-state index contributed by atoms with van der Waals surface area (Å²) in [5, 5.41) is 3.01. The first-order valence-electron chi connectivity index (χ1n) is 11.6. The highest BCUT2D eigenvalue weighted by Crippen LogP contribution is 2.25. The van der Waals surface area contributed by atoms with E-state index in [-0.39, 0.29) is 23.3 Å². The van der Waals surface area contributed by atoms with Crippen LogP contribution < -0.4 is 10.2 Å². The van der Waals surface area contributed by atoms with Gasteiger partial charge in [-0.1, -0.05) is 37.3 Å². The second-order valence-electron chi connectivity index (χ2n) is 9.09. The van der Waals surface area contributed by atoms with Crippen molar-refractivity contribution in [2.24, 2.45) is 11.8 Å². The van der Waals surface area contributed by atoms with Crippen molar-refractivity contribution in [3.05, 3.63) is 60.2 Å². The van der Waals surface area contributed by atoms with Crippen LogP contribution in [0.15, 0.2) is 59.5 Å². The van der Waals surface area contributed by atoms with Crippen LogP contribution in [0.5, 0.6) is 0 Å². The molecular formula is C25H33N3O3S. The maximum Gasteiger partial charge on any atom is 0.243 e. The Balaban J connectivity index is 1.32. The van der Waals surface area contributed by atoms with Crippen LogP contribution in [-0.4, -0.2) is 44.8 Å². The lowest BCUT2D eigenvalue weighted by Crippen LogP contribution is -2.45. The molecule has 2 unspecified atom stereocenters. The topological polar surface area (TPSA) is 69.7 Å². The molecule has 0 aromatic heterocycles. The van der Waals surface area contributed by atoms with Crippen LogP contribution in [0.4, 0.5) is 5.69 Å². The fraction of sp³-hybridized carbons (Fsp3) is 0.480. The fourth-order valence-electron chi connectivity index (χ4n) is 4.70. The third kappa shape index (κ3) is 5.33. The van der Waals surface area contributed by atoms with E-state index in [1.807, 2.05) is 0 Å². The van der Waals surface area contributed by atoms with Crippen LogP contribution in [0, 0.1) is 11.8 Å². The highest BCUT2D eigenvalue weighted by molar-refractivity contribution is 7.89. The fourth-order valence-corrected chi connectivity index (χ4v) is 6.24. The summed E-state index contributed by atoms with van der Waals surface area (Å²) in [6, 6.07) is 16.9. The highest BCUT2D eigenvalue weighted by atomic mass is 32.2. The van der Waals surface area contributed by atoms with E-state index in [4.69, 9.17) is 0 Å². The van der Waals surface area contributed by atoms with Crippen LogP contribution in [0.3, 0.4) is 0 Å². The minimum Gasteiger partial charge on any atom is -0.371 e. The Kier molecular flexibility index (Phi) is 7.16. The van der Waals surface area contributed by atoms with Gasteiger partial charge in [0, 0.05) is 38.4 Å². The molecule has 0 aliphatic carbocycles. The van der Waals surface area contributed by atoms with Crippen molar-refractivity contribution in [1.29, 1.82) is 0 Å². The Labute approximate surface area is 191 Å². The van der Waals surface area contributed by atoms with Gasteiger partial charge in [-0.2, -0.15) is 4.31 Å². The Hall–Kier alpha value is -2.38. The molecule has 7 heteroatoms. The summed E-state index contributed by atoms with van der Waals surface area (Å²) in [6.07, 6.45) is 3.93. The number of carbonyl (C=O) groups excluding carboxylic acids is 1. The largest absolute Gasteiger partial charge is 0.371 e. The maximum absolute atomic E-state index is 12.9. The second-order valence-corrected chi connectivity index (χ2v) is 11.0. The van der Waals surface area contributed by atoms with Gasteiger partial charge in [-0.15, -0.1) is 0 Å². The summed E-state index contributed by atoms with van der Waals surface area (Å²) in [5.74, 6) is 0.326. The first-order chi connectivity index (χ1) is 15.4. The van der Waals surface area contributed by atoms with Gasteiger partial charge >= 0.3 is 0 Å². The van der Waals surface area contributed by atoms with Crippen molar-refractivity contribution in [2.45, 2.75) is 44.0 Å². The normalized spacial score (nSPS) is 22.5. The monoisotopic (exact) mass is 455 g/mol. The van der Waals surface area contributed by atoms with Crippen LogP contribution in [0.25, 0.3) is 0 Å². The van der Waals surface area contributed by atoms with Gasteiger partial charge < -0.3 is 10.2 Å². The lowest BCUT2D eigenvalue weighted by Gasteiger charge is -2.33. The summed E-state index contributed by atoms with van der Waals surface area (Å²) in [6.45, 7) is 5.64. The molecule has 0 spiro atoms. The lowest BCUT2D eigenvalue weighted by molar-refractivity contribution is -0.126. The molecule has 2 atom stereocenters. The average Bonchev–Trinajstić information content (AvgIpc) is 2.83. The van der Waals surface area contributed by atoms with Crippen molar-refractivity contribution in [3.63, 3.8) is 0 Å². The van der Waals surface area contributed by atoms with Gasteiger partial charge in [0.1, 0.15) is 0 Å². The number of amides is 1. The molecule has 0 saturated carbocycles. The third-order valence-electron chi connectivity index (χ3n) is 6.56. The van der Waals surface area contributed by atoms with Gasteiger partial charge in [0.2, 0.25) is 15.9 Å². The molecule has 32 heavy (non-hydrogen) atoms. The zero-order valence-corrected chi connectivity index (χ0v) is 19.6.